The maximum atomic E-state index is 13.6. The van der Waals surface area contributed by atoms with Crippen molar-refractivity contribution in [1.82, 2.24) is 4.31 Å². The van der Waals surface area contributed by atoms with Gasteiger partial charge in [0.1, 0.15) is 23.9 Å². The fraction of sp³-hybridized carbons (Fsp3) is 0.667. The molecule has 2 aliphatic heterocycles. The van der Waals surface area contributed by atoms with E-state index in [1.54, 1.807) is 46.8 Å². The number of nitrogens with zero attached hydrogens (tertiary/aromatic N) is 1. The van der Waals surface area contributed by atoms with E-state index in [0.717, 1.165) is 9.87 Å². The van der Waals surface area contributed by atoms with Crippen molar-refractivity contribution in [3.63, 3.8) is 0 Å². The van der Waals surface area contributed by atoms with Gasteiger partial charge in [0, 0.05) is 6.54 Å². The number of hydrogen-bond acceptors (Lipinski definition) is 7. The molecule has 1 aromatic carbocycles. The molecule has 1 N–H and O–H groups in total. The van der Waals surface area contributed by atoms with Crippen LogP contribution in [-0.4, -0.2) is 65.6 Å². The molecule has 168 valence electrons. The highest BCUT2D eigenvalue weighted by Crippen LogP contribution is 2.43. The maximum absolute atomic E-state index is 13.6. The minimum atomic E-state index is -4.16. The summed E-state index contributed by atoms with van der Waals surface area (Å²) >= 11 is 0. The van der Waals surface area contributed by atoms with Crippen LogP contribution in [0.25, 0.3) is 0 Å². The van der Waals surface area contributed by atoms with E-state index in [4.69, 9.17) is 14.2 Å². The number of esters is 1. The second-order valence-corrected chi connectivity index (χ2v) is 11.4. The van der Waals surface area contributed by atoms with Gasteiger partial charge >= 0.3 is 5.97 Å². The van der Waals surface area contributed by atoms with Gasteiger partial charge in [0.2, 0.25) is 10.0 Å². The summed E-state index contributed by atoms with van der Waals surface area (Å²) in [6.07, 6.45) is -3.10. The second-order valence-electron chi connectivity index (χ2n) is 9.58. The fourth-order valence-electron chi connectivity index (χ4n) is 3.88. The number of sulfonamides is 1. The van der Waals surface area contributed by atoms with Crippen molar-refractivity contribution < 1.29 is 32.5 Å². The van der Waals surface area contributed by atoms with E-state index < -0.39 is 51.2 Å². The third-order valence-electron chi connectivity index (χ3n) is 5.39. The number of aliphatic hydroxyl groups is 1. The number of carbonyl (C=O) groups excluding carboxylic acids is 1. The third-order valence-corrected chi connectivity index (χ3v) is 7.37. The van der Waals surface area contributed by atoms with Crippen molar-refractivity contribution in [2.75, 3.05) is 6.54 Å². The summed E-state index contributed by atoms with van der Waals surface area (Å²) in [5, 5.41) is 11.2. The number of rotatable bonds is 3. The van der Waals surface area contributed by atoms with Crippen molar-refractivity contribution in [3.8, 4) is 0 Å². The molecule has 0 radical (unpaired) electrons. The van der Waals surface area contributed by atoms with Gasteiger partial charge in [-0.2, -0.15) is 4.31 Å². The van der Waals surface area contributed by atoms with Crippen LogP contribution < -0.4 is 0 Å². The number of piperidine rings is 1. The van der Waals surface area contributed by atoms with E-state index in [9.17, 15) is 18.3 Å². The first kappa shape index (κ1) is 23.1. The van der Waals surface area contributed by atoms with E-state index in [-0.39, 0.29) is 11.4 Å². The fourth-order valence-corrected chi connectivity index (χ4v) is 5.64. The molecule has 9 heteroatoms. The predicted octanol–water partition coefficient (Wildman–Crippen LogP) is 1.98. The summed E-state index contributed by atoms with van der Waals surface area (Å²) in [6.45, 7) is 11.5. The Morgan fingerprint density at radius 3 is 2.27 bits per heavy atom. The lowest BCUT2D eigenvalue weighted by Gasteiger charge is -2.48. The maximum Gasteiger partial charge on any atom is 0.330 e. The van der Waals surface area contributed by atoms with Crippen molar-refractivity contribution >= 4 is 16.0 Å². The van der Waals surface area contributed by atoms with E-state index in [2.05, 4.69) is 0 Å². The summed E-state index contributed by atoms with van der Waals surface area (Å²) in [7, 11) is -4.16. The largest absolute Gasteiger partial charge is 0.458 e. The van der Waals surface area contributed by atoms with Crippen LogP contribution in [0.1, 0.15) is 47.1 Å². The molecule has 0 amide bonds. The SMILES string of the molecule is Cc1ccc(S(=O)(=O)N2C[C@H]3OC(C)(C)O[C@@H]3[C@H](O)[C@@]2(C)C(=O)OC(C)(C)C)cc1. The first-order valence-corrected chi connectivity index (χ1v) is 11.4. The van der Waals surface area contributed by atoms with Crippen LogP contribution in [-0.2, 0) is 29.0 Å². The van der Waals surface area contributed by atoms with Gasteiger partial charge in [-0.25, -0.2) is 13.2 Å². The molecule has 8 nitrogen and oxygen atoms in total. The molecule has 2 saturated heterocycles. The standard InChI is InChI=1S/C21H31NO7S/c1-13-8-10-14(11-9-13)30(25,26)22-12-15-16(28-20(5,6)27-15)17(23)21(22,7)18(24)29-19(2,3)4/h8-11,15-17,23H,12H2,1-7H3/t15-,16+,17+,21+/m1/s1. The summed E-state index contributed by atoms with van der Waals surface area (Å²) in [5.41, 5.74) is -1.87. The normalized spacial score (nSPS) is 31.9. The van der Waals surface area contributed by atoms with Gasteiger partial charge < -0.3 is 19.3 Å². The van der Waals surface area contributed by atoms with Crippen LogP contribution in [0.3, 0.4) is 0 Å². The van der Waals surface area contributed by atoms with Crippen LogP contribution in [0.4, 0.5) is 0 Å². The number of aryl methyl sites for hydroxylation is 1. The molecule has 0 spiro atoms. The molecule has 0 unspecified atom stereocenters. The average molecular weight is 442 g/mol. The van der Waals surface area contributed by atoms with Crippen LogP contribution in [0.15, 0.2) is 29.2 Å². The quantitative estimate of drug-likeness (QED) is 0.716. The van der Waals surface area contributed by atoms with E-state index in [0.29, 0.717) is 0 Å². The molecule has 0 aliphatic carbocycles. The van der Waals surface area contributed by atoms with Gasteiger partial charge in [0.05, 0.1) is 4.90 Å². The predicted molar refractivity (Wildman–Crippen MR) is 109 cm³/mol. The lowest BCUT2D eigenvalue weighted by molar-refractivity contribution is -0.188. The molecule has 0 aromatic heterocycles. The van der Waals surface area contributed by atoms with Crippen molar-refractivity contribution in [2.24, 2.45) is 0 Å². The van der Waals surface area contributed by atoms with Gasteiger partial charge in [-0.3, -0.25) is 0 Å². The van der Waals surface area contributed by atoms with Crippen LogP contribution in [0.5, 0.6) is 0 Å². The Bertz CT molecular complexity index is 920. The van der Waals surface area contributed by atoms with E-state index >= 15 is 0 Å². The lowest BCUT2D eigenvalue weighted by atomic mass is 9.84. The molecule has 2 fully saturated rings. The molecule has 30 heavy (non-hydrogen) atoms. The Morgan fingerprint density at radius 1 is 1.17 bits per heavy atom. The Labute approximate surface area is 178 Å². The number of benzene rings is 1. The van der Waals surface area contributed by atoms with Crippen molar-refractivity contribution in [1.29, 1.82) is 0 Å². The molecule has 0 saturated carbocycles. The third kappa shape index (κ3) is 4.01. The zero-order chi connectivity index (χ0) is 22.7. The Hall–Kier alpha value is -1.52. The molecule has 3 rings (SSSR count). The Kier molecular flexibility index (Phi) is 5.61. The van der Waals surface area contributed by atoms with Gasteiger partial charge in [-0.1, -0.05) is 17.7 Å². The lowest BCUT2D eigenvalue weighted by Crippen LogP contribution is -2.72. The summed E-state index contributed by atoms with van der Waals surface area (Å²) < 4.78 is 45.4. The Morgan fingerprint density at radius 2 is 1.73 bits per heavy atom. The van der Waals surface area contributed by atoms with E-state index in [1.807, 2.05) is 6.92 Å². The molecule has 4 atom stereocenters. The molecule has 2 heterocycles. The van der Waals surface area contributed by atoms with E-state index in [1.165, 1.54) is 19.1 Å². The summed E-state index contributed by atoms with van der Waals surface area (Å²) in [5.74, 6) is -1.86. The smallest absolute Gasteiger partial charge is 0.330 e. The average Bonchev–Trinajstić information content (AvgIpc) is 2.91. The van der Waals surface area contributed by atoms with Crippen molar-refractivity contribution in [3.05, 3.63) is 29.8 Å². The van der Waals surface area contributed by atoms with Gasteiger partial charge in [-0.05, 0) is 60.6 Å². The highest BCUT2D eigenvalue weighted by atomic mass is 32.2. The molecular formula is C21H31NO7S. The van der Waals surface area contributed by atoms with Gasteiger partial charge in [-0.15, -0.1) is 0 Å². The van der Waals surface area contributed by atoms with Crippen LogP contribution >= 0.6 is 0 Å². The second kappa shape index (κ2) is 7.27. The number of aliphatic hydroxyl groups excluding tert-OH is 1. The zero-order valence-corrected chi connectivity index (χ0v) is 19.3. The first-order chi connectivity index (χ1) is 13.6. The minimum Gasteiger partial charge on any atom is -0.458 e. The highest BCUT2D eigenvalue weighted by molar-refractivity contribution is 7.89. The molecular weight excluding hydrogens is 410 g/mol. The Balaban J connectivity index is 2.11. The molecule has 2 aliphatic rings. The van der Waals surface area contributed by atoms with Crippen molar-refractivity contribution in [2.45, 2.75) is 88.6 Å². The minimum absolute atomic E-state index is 0.0201. The van der Waals surface area contributed by atoms with Crippen LogP contribution in [0, 0.1) is 6.92 Å². The molecule has 1 aromatic rings. The monoisotopic (exact) mass is 441 g/mol. The number of fused-ring (bicyclic) bond motifs is 1. The highest BCUT2D eigenvalue weighted by Gasteiger charge is 2.64. The summed E-state index contributed by atoms with van der Waals surface area (Å²) in [6, 6.07) is 6.32. The number of hydrogen-bond donors (Lipinski definition) is 1. The first-order valence-electron chi connectivity index (χ1n) is 9.95. The number of carbonyl (C=O) groups is 1. The van der Waals surface area contributed by atoms with Crippen LogP contribution in [0.2, 0.25) is 0 Å². The topological polar surface area (TPSA) is 102 Å². The molecule has 0 bridgehead atoms. The zero-order valence-electron chi connectivity index (χ0n) is 18.5. The van der Waals surface area contributed by atoms with Gasteiger partial charge in [0.25, 0.3) is 0 Å². The van der Waals surface area contributed by atoms with Gasteiger partial charge in [0.15, 0.2) is 11.3 Å². The number of ether oxygens (including phenoxy) is 3. The summed E-state index contributed by atoms with van der Waals surface area (Å²) in [4.78, 5) is 13.3.